The number of ketones is 1. The van der Waals surface area contributed by atoms with Gasteiger partial charge < -0.3 is 9.47 Å². The molecule has 1 saturated heterocycles. The van der Waals surface area contributed by atoms with Crippen LogP contribution in [0.5, 0.6) is 5.75 Å². The summed E-state index contributed by atoms with van der Waals surface area (Å²) in [7, 11) is 0. The van der Waals surface area contributed by atoms with E-state index in [1.165, 1.54) is 0 Å². The molecule has 1 aliphatic rings. The van der Waals surface area contributed by atoms with Crippen LogP contribution in [0, 0.1) is 5.92 Å². The van der Waals surface area contributed by atoms with Gasteiger partial charge in [0, 0.05) is 18.1 Å². The van der Waals surface area contributed by atoms with E-state index in [1.54, 1.807) is 0 Å². The van der Waals surface area contributed by atoms with Crippen molar-refractivity contribution in [1.29, 1.82) is 0 Å². The van der Waals surface area contributed by atoms with Crippen LogP contribution in [0.1, 0.15) is 23.7 Å². The van der Waals surface area contributed by atoms with Crippen LogP contribution in [0.4, 0.5) is 0 Å². The Kier molecular flexibility index (Phi) is 4.18. The third-order valence-electron chi connectivity index (χ3n) is 2.82. The maximum Gasteiger partial charge on any atom is 0.168 e. The first-order valence-corrected chi connectivity index (χ1v) is 6.56. The van der Waals surface area contributed by atoms with Gasteiger partial charge in [-0.2, -0.15) is 0 Å². The zero-order valence-corrected chi connectivity index (χ0v) is 11.3. The van der Waals surface area contributed by atoms with Crippen molar-refractivity contribution in [3.05, 3.63) is 28.2 Å². The van der Waals surface area contributed by atoms with Crippen molar-refractivity contribution < 1.29 is 14.3 Å². The Bertz CT molecular complexity index is 411. The van der Waals surface area contributed by atoms with E-state index in [0.29, 0.717) is 19.8 Å². The van der Waals surface area contributed by atoms with E-state index in [9.17, 15) is 4.79 Å². The standard InChI is InChI=1S/C13H15BrO3/c1-2-17-12-4-3-9(7-11(12)14)13(15)10-5-6-16-8-10/h3-4,7,10H,2,5-6,8H2,1H3. The second-order valence-corrected chi connectivity index (χ2v) is 4.86. The van der Waals surface area contributed by atoms with Gasteiger partial charge in [0.25, 0.3) is 0 Å². The average molecular weight is 299 g/mol. The number of hydrogen-bond donors (Lipinski definition) is 0. The highest BCUT2D eigenvalue weighted by atomic mass is 79.9. The monoisotopic (exact) mass is 298 g/mol. The highest BCUT2D eigenvalue weighted by molar-refractivity contribution is 9.10. The van der Waals surface area contributed by atoms with Crippen molar-refractivity contribution in [2.75, 3.05) is 19.8 Å². The molecule has 4 heteroatoms. The van der Waals surface area contributed by atoms with Crippen LogP contribution in [-0.2, 0) is 4.74 Å². The Morgan fingerprint density at radius 3 is 3.00 bits per heavy atom. The molecule has 1 aromatic carbocycles. The Morgan fingerprint density at radius 2 is 2.41 bits per heavy atom. The molecule has 0 spiro atoms. The van der Waals surface area contributed by atoms with Crippen molar-refractivity contribution in [2.45, 2.75) is 13.3 Å². The lowest BCUT2D eigenvalue weighted by Crippen LogP contribution is -2.14. The first-order valence-electron chi connectivity index (χ1n) is 5.76. The minimum atomic E-state index is 0.0137. The number of ether oxygens (including phenoxy) is 2. The van der Waals surface area contributed by atoms with Crippen LogP contribution in [0.2, 0.25) is 0 Å². The van der Waals surface area contributed by atoms with Crippen molar-refractivity contribution in [2.24, 2.45) is 5.92 Å². The van der Waals surface area contributed by atoms with Crippen LogP contribution < -0.4 is 4.74 Å². The van der Waals surface area contributed by atoms with Gasteiger partial charge in [-0.25, -0.2) is 0 Å². The number of halogens is 1. The number of carbonyl (C=O) groups excluding carboxylic acids is 1. The fourth-order valence-electron chi connectivity index (χ4n) is 1.90. The molecule has 1 heterocycles. The van der Waals surface area contributed by atoms with Crippen molar-refractivity contribution in [3.63, 3.8) is 0 Å². The van der Waals surface area contributed by atoms with Gasteiger partial charge in [-0.1, -0.05) is 0 Å². The van der Waals surface area contributed by atoms with Crippen molar-refractivity contribution >= 4 is 21.7 Å². The van der Waals surface area contributed by atoms with Crippen LogP contribution in [0.3, 0.4) is 0 Å². The first-order chi connectivity index (χ1) is 8.22. The average Bonchev–Trinajstić information content (AvgIpc) is 2.84. The fraction of sp³-hybridized carbons (Fsp3) is 0.462. The van der Waals surface area contributed by atoms with Crippen LogP contribution in [0.25, 0.3) is 0 Å². The summed E-state index contributed by atoms with van der Waals surface area (Å²) in [6.45, 7) is 3.78. The normalized spacial score (nSPS) is 19.3. The minimum absolute atomic E-state index is 0.0137. The zero-order chi connectivity index (χ0) is 12.3. The van der Waals surface area contributed by atoms with Crippen LogP contribution >= 0.6 is 15.9 Å². The highest BCUT2D eigenvalue weighted by Crippen LogP contribution is 2.28. The SMILES string of the molecule is CCOc1ccc(C(=O)C2CCOC2)cc1Br. The van der Waals surface area contributed by atoms with Crippen molar-refractivity contribution in [3.8, 4) is 5.75 Å². The predicted molar refractivity (Wildman–Crippen MR) is 68.6 cm³/mol. The molecule has 3 nitrogen and oxygen atoms in total. The molecule has 1 atom stereocenters. The zero-order valence-electron chi connectivity index (χ0n) is 9.74. The molecule has 1 aliphatic heterocycles. The summed E-state index contributed by atoms with van der Waals surface area (Å²) < 4.78 is 11.5. The smallest absolute Gasteiger partial charge is 0.168 e. The molecular weight excluding hydrogens is 284 g/mol. The summed E-state index contributed by atoms with van der Waals surface area (Å²) in [5, 5.41) is 0. The molecule has 0 N–H and O–H groups in total. The van der Waals surface area contributed by atoms with Gasteiger partial charge in [0.2, 0.25) is 0 Å². The lowest BCUT2D eigenvalue weighted by atomic mass is 9.97. The van der Waals surface area contributed by atoms with E-state index in [0.717, 1.165) is 22.2 Å². The summed E-state index contributed by atoms with van der Waals surface area (Å²) in [5.41, 5.74) is 0.718. The quantitative estimate of drug-likeness (QED) is 0.802. The molecule has 17 heavy (non-hydrogen) atoms. The highest BCUT2D eigenvalue weighted by Gasteiger charge is 2.24. The Labute approximate surface area is 109 Å². The maximum absolute atomic E-state index is 12.1. The molecule has 92 valence electrons. The van der Waals surface area contributed by atoms with Crippen LogP contribution in [-0.4, -0.2) is 25.6 Å². The van der Waals surface area contributed by atoms with Gasteiger partial charge in [0.1, 0.15) is 5.75 Å². The molecule has 1 aromatic rings. The third-order valence-corrected chi connectivity index (χ3v) is 3.44. The summed E-state index contributed by atoms with van der Waals surface area (Å²) in [6.07, 6.45) is 0.823. The predicted octanol–water partition coefficient (Wildman–Crippen LogP) is 3.07. The molecular formula is C13H15BrO3. The summed E-state index contributed by atoms with van der Waals surface area (Å²) >= 11 is 3.42. The van der Waals surface area contributed by atoms with E-state index >= 15 is 0 Å². The first kappa shape index (κ1) is 12.6. The van der Waals surface area contributed by atoms with Gasteiger partial charge >= 0.3 is 0 Å². The topological polar surface area (TPSA) is 35.5 Å². The lowest BCUT2D eigenvalue weighted by molar-refractivity contribution is 0.0900. The van der Waals surface area contributed by atoms with E-state index in [-0.39, 0.29) is 11.7 Å². The van der Waals surface area contributed by atoms with Gasteiger partial charge in [-0.3, -0.25) is 4.79 Å². The molecule has 0 bridgehead atoms. The number of hydrogen-bond acceptors (Lipinski definition) is 3. The van der Waals surface area contributed by atoms with Gasteiger partial charge in [-0.15, -0.1) is 0 Å². The molecule has 0 aromatic heterocycles. The Hall–Kier alpha value is -0.870. The largest absolute Gasteiger partial charge is 0.493 e. The molecule has 0 radical (unpaired) electrons. The number of carbonyl (C=O) groups is 1. The summed E-state index contributed by atoms with van der Waals surface area (Å²) in [4.78, 5) is 12.1. The van der Waals surface area contributed by atoms with Gasteiger partial charge in [0.15, 0.2) is 5.78 Å². The van der Waals surface area contributed by atoms with E-state index < -0.39 is 0 Å². The fourth-order valence-corrected chi connectivity index (χ4v) is 2.40. The second-order valence-electron chi connectivity index (χ2n) is 4.00. The molecule has 0 aliphatic carbocycles. The molecule has 0 amide bonds. The molecule has 1 unspecified atom stereocenters. The maximum atomic E-state index is 12.1. The van der Waals surface area contributed by atoms with E-state index in [2.05, 4.69) is 15.9 Å². The second kappa shape index (κ2) is 5.65. The van der Waals surface area contributed by atoms with Gasteiger partial charge in [-0.05, 0) is 47.5 Å². The number of benzene rings is 1. The summed E-state index contributed by atoms with van der Waals surface area (Å²) in [5.74, 6) is 0.942. The Balaban J connectivity index is 2.16. The lowest BCUT2D eigenvalue weighted by Gasteiger charge is -2.10. The van der Waals surface area contributed by atoms with E-state index in [1.807, 2.05) is 25.1 Å². The molecule has 0 saturated carbocycles. The van der Waals surface area contributed by atoms with Crippen LogP contribution in [0.15, 0.2) is 22.7 Å². The Morgan fingerprint density at radius 1 is 1.59 bits per heavy atom. The summed E-state index contributed by atoms with van der Waals surface area (Å²) in [6, 6.07) is 5.47. The number of rotatable bonds is 4. The van der Waals surface area contributed by atoms with E-state index in [4.69, 9.17) is 9.47 Å². The molecule has 1 fully saturated rings. The van der Waals surface area contributed by atoms with Crippen molar-refractivity contribution in [1.82, 2.24) is 0 Å². The minimum Gasteiger partial charge on any atom is -0.493 e. The number of Topliss-reactive ketones (excluding diaryl/α,β-unsaturated/α-hetero) is 1. The third kappa shape index (κ3) is 2.87. The molecule has 2 rings (SSSR count). The van der Waals surface area contributed by atoms with Gasteiger partial charge in [0.05, 0.1) is 17.7 Å².